The number of nitrogens with one attached hydrogen (secondary N) is 2. The van der Waals surface area contributed by atoms with Crippen molar-refractivity contribution in [2.45, 2.75) is 12.5 Å². The van der Waals surface area contributed by atoms with Gasteiger partial charge in [0.25, 0.3) is 5.91 Å². The van der Waals surface area contributed by atoms with E-state index in [0.29, 0.717) is 0 Å². The minimum Gasteiger partial charge on any atom is -0.481 e. The number of carbonyl (C=O) groups excluding carboxylic acids is 1. The van der Waals surface area contributed by atoms with Gasteiger partial charge in [0.15, 0.2) is 0 Å². The van der Waals surface area contributed by atoms with Crippen LogP contribution in [0.1, 0.15) is 16.8 Å². The molecule has 1 rings (SSSR count). The lowest BCUT2D eigenvalue weighted by molar-refractivity contribution is -0.145. The van der Waals surface area contributed by atoms with Crippen LogP contribution in [0.4, 0.5) is 0 Å². The van der Waals surface area contributed by atoms with Crippen molar-refractivity contribution in [1.82, 2.24) is 15.5 Å². The third-order valence-electron chi connectivity index (χ3n) is 1.74. The van der Waals surface area contributed by atoms with Gasteiger partial charge < -0.3 is 15.5 Å². The number of hydrogen-bond acceptors (Lipinski definition) is 4. The Kier molecular flexibility index (Phi) is 3.59. The van der Waals surface area contributed by atoms with Crippen LogP contribution in [0, 0.1) is 0 Å². The third-order valence-corrected chi connectivity index (χ3v) is 1.74. The van der Waals surface area contributed by atoms with Crippen LogP contribution >= 0.6 is 0 Å². The normalized spacial score (nSPS) is 11.8. The molecule has 1 heterocycles. The van der Waals surface area contributed by atoms with Crippen LogP contribution in [-0.2, 0) is 9.59 Å². The number of aromatic nitrogens is 2. The molecule has 16 heavy (non-hydrogen) atoms. The summed E-state index contributed by atoms with van der Waals surface area (Å²) in [6.07, 6.45) is 1.79. The lowest BCUT2D eigenvalue weighted by atomic mass is 10.2. The van der Waals surface area contributed by atoms with Gasteiger partial charge in [0.05, 0.1) is 18.2 Å². The highest BCUT2D eigenvalue weighted by molar-refractivity contribution is 5.96. The molecule has 4 N–H and O–H groups in total. The first kappa shape index (κ1) is 11.7. The fourth-order valence-electron chi connectivity index (χ4n) is 0.991. The van der Waals surface area contributed by atoms with Crippen molar-refractivity contribution in [1.29, 1.82) is 0 Å². The highest BCUT2D eigenvalue weighted by Crippen LogP contribution is 1.98. The van der Waals surface area contributed by atoms with Crippen molar-refractivity contribution in [3.8, 4) is 0 Å². The van der Waals surface area contributed by atoms with Gasteiger partial charge in [0, 0.05) is 6.20 Å². The minimum atomic E-state index is -1.46. The van der Waals surface area contributed by atoms with Gasteiger partial charge in [0.2, 0.25) is 0 Å². The summed E-state index contributed by atoms with van der Waals surface area (Å²) >= 11 is 0. The monoisotopic (exact) mass is 227 g/mol. The highest BCUT2D eigenvalue weighted by Gasteiger charge is 2.23. The zero-order valence-corrected chi connectivity index (χ0v) is 8.01. The molecule has 0 spiro atoms. The number of rotatable bonds is 5. The Labute approximate surface area is 89.3 Å². The van der Waals surface area contributed by atoms with Gasteiger partial charge in [-0.05, 0) is 0 Å². The zero-order valence-electron chi connectivity index (χ0n) is 8.01. The number of hydrogen-bond donors (Lipinski definition) is 4. The van der Waals surface area contributed by atoms with Gasteiger partial charge in [-0.15, -0.1) is 0 Å². The summed E-state index contributed by atoms with van der Waals surface area (Å²) < 4.78 is 0. The minimum absolute atomic E-state index is 0.136. The number of carboxylic acids is 2. The molecule has 86 valence electrons. The molecule has 1 amide bonds. The Balaban J connectivity index is 2.65. The fraction of sp³-hybridized carbons (Fsp3) is 0.250. The van der Waals surface area contributed by atoms with Gasteiger partial charge in [-0.2, -0.15) is 5.10 Å². The molecule has 1 atom stereocenters. The van der Waals surface area contributed by atoms with Crippen molar-refractivity contribution in [2.24, 2.45) is 0 Å². The molecule has 0 aliphatic rings. The van der Waals surface area contributed by atoms with E-state index in [0.717, 1.165) is 0 Å². The Morgan fingerprint density at radius 1 is 1.44 bits per heavy atom. The smallest absolute Gasteiger partial charge is 0.326 e. The summed E-state index contributed by atoms with van der Waals surface area (Å²) in [5.74, 6) is -3.40. The van der Waals surface area contributed by atoms with Gasteiger partial charge in [-0.25, -0.2) is 4.79 Å². The molecule has 0 radical (unpaired) electrons. The lowest BCUT2D eigenvalue weighted by Gasteiger charge is -2.10. The lowest BCUT2D eigenvalue weighted by Crippen LogP contribution is -2.42. The van der Waals surface area contributed by atoms with E-state index in [1.807, 2.05) is 0 Å². The Hall–Kier alpha value is -2.38. The van der Waals surface area contributed by atoms with E-state index < -0.39 is 30.3 Å². The van der Waals surface area contributed by atoms with E-state index in [-0.39, 0.29) is 5.56 Å². The maximum absolute atomic E-state index is 11.4. The molecule has 0 aromatic carbocycles. The quantitative estimate of drug-likeness (QED) is 0.513. The summed E-state index contributed by atoms with van der Waals surface area (Å²) in [6, 6.07) is -1.46. The van der Waals surface area contributed by atoms with Crippen LogP contribution in [0.5, 0.6) is 0 Å². The predicted molar refractivity (Wildman–Crippen MR) is 49.7 cm³/mol. The predicted octanol–water partition coefficient (Wildman–Crippen LogP) is -0.933. The first-order chi connectivity index (χ1) is 7.50. The molecule has 0 unspecified atom stereocenters. The Morgan fingerprint density at radius 2 is 2.12 bits per heavy atom. The van der Waals surface area contributed by atoms with Gasteiger partial charge in [-0.3, -0.25) is 14.7 Å². The maximum atomic E-state index is 11.4. The van der Waals surface area contributed by atoms with E-state index in [9.17, 15) is 14.4 Å². The summed E-state index contributed by atoms with van der Waals surface area (Å²) in [4.78, 5) is 32.4. The molecule has 8 heteroatoms. The van der Waals surface area contributed by atoms with Crippen molar-refractivity contribution >= 4 is 17.8 Å². The van der Waals surface area contributed by atoms with E-state index in [2.05, 4.69) is 15.5 Å². The number of nitrogens with zero attached hydrogens (tertiary/aromatic N) is 1. The van der Waals surface area contributed by atoms with Crippen LogP contribution < -0.4 is 5.32 Å². The number of carbonyl (C=O) groups is 3. The molecule has 0 bridgehead atoms. The summed E-state index contributed by atoms with van der Waals surface area (Å²) in [6.45, 7) is 0. The first-order valence-electron chi connectivity index (χ1n) is 4.25. The van der Waals surface area contributed by atoms with Crippen LogP contribution in [-0.4, -0.2) is 44.3 Å². The molecule has 0 saturated carbocycles. The van der Waals surface area contributed by atoms with Crippen LogP contribution in [0.15, 0.2) is 12.4 Å². The van der Waals surface area contributed by atoms with E-state index in [1.165, 1.54) is 12.4 Å². The standard InChI is InChI=1S/C8H9N3O5/c12-6(13)1-5(8(15)16)11-7(14)4-2-9-10-3-4/h2-3,5H,1H2,(H,9,10)(H,11,14)(H,12,13)(H,15,16)/t5-/m1/s1. The second-order valence-corrected chi connectivity index (χ2v) is 2.95. The van der Waals surface area contributed by atoms with Crippen LogP contribution in [0.25, 0.3) is 0 Å². The largest absolute Gasteiger partial charge is 0.481 e. The number of H-pyrrole nitrogens is 1. The van der Waals surface area contributed by atoms with Crippen molar-refractivity contribution in [3.05, 3.63) is 18.0 Å². The average molecular weight is 227 g/mol. The molecule has 1 aromatic rings. The third kappa shape index (κ3) is 3.08. The van der Waals surface area contributed by atoms with Gasteiger partial charge in [0.1, 0.15) is 6.04 Å². The fourth-order valence-corrected chi connectivity index (χ4v) is 0.991. The second kappa shape index (κ2) is 4.91. The molecular formula is C8H9N3O5. The number of aliphatic carboxylic acids is 2. The molecule has 0 aliphatic heterocycles. The van der Waals surface area contributed by atoms with E-state index in [1.54, 1.807) is 0 Å². The first-order valence-corrected chi connectivity index (χ1v) is 4.25. The summed E-state index contributed by atoms with van der Waals surface area (Å²) in [5, 5.41) is 25.1. The molecule has 0 aliphatic carbocycles. The number of amides is 1. The van der Waals surface area contributed by atoms with Crippen LogP contribution in [0.2, 0.25) is 0 Å². The summed E-state index contributed by atoms with van der Waals surface area (Å²) in [7, 11) is 0. The Bertz CT molecular complexity index is 400. The van der Waals surface area contributed by atoms with Crippen LogP contribution in [0.3, 0.4) is 0 Å². The van der Waals surface area contributed by atoms with E-state index >= 15 is 0 Å². The highest BCUT2D eigenvalue weighted by atomic mass is 16.4. The topological polar surface area (TPSA) is 132 Å². The number of carboxylic acid groups (broad SMARTS) is 2. The van der Waals surface area contributed by atoms with Crippen molar-refractivity contribution in [3.63, 3.8) is 0 Å². The Morgan fingerprint density at radius 3 is 2.56 bits per heavy atom. The van der Waals surface area contributed by atoms with E-state index in [4.69, 9.17) is 10.2 Å². The molecule has 1 aromatic heterocycles. The average Bonchev–Trinajstić information content (AvgIpc) is 2.68. The molecule has 0 fully saturated rings. The SMILES string of the molecule is O=C(O)C[C@@H](NC(=O)c1cn[nH]c1)C(=O)O. The van der Waals surface area contributed by atoms with Crippen molar-refractivity contribution < 1.29 is 24.6 Å². The number of aromatic amines is 1. The van der Waals surface area contributed by atoms with Crippen molar-refractivity contribution in [2.75, 3.05) is 0 Å². The van der Waals surface area contributed by atoms with Gasteiger partial charge in [-0.1, -0.05) is 0 Å². The molecule has 8 nitrogen and oxygen atoms in total. The second-order valence-electron chi connectivity index (χ2n) is 2.95. The molecule has 0 saturated heterocycles. The summed E-state index contributed by atoms with van der Waals surface area (Å²) in [5.41, 5.74) is 0.136. The molecular weight excluding hydrogens is 218 g/mol. The maximum Gasteiger partial charge on any atom is 0.326 e. The van der Waals surface area contributed by atoms with Gasteiger partial charge >= 0.3 is 11.9 Å². The zero-order chi connectivity index (χ0) is 12.1.